The SMILES string of the molecule is CCc1cc(C(=O)N2CCCn3cc(C(=O)NO)cc3C2)n(C)n1. The number of carbonyl (C=O) groups is 2. The molecule has 3 heterocycles. The Kier molecular flexibility index (Phi) is 4.39. The van der Waals surface area contributed by atoms with Crippen LogP contribution in [0.2, 0.25) is 0 Å². The van der Waals surface area contributed by atoms with E-state index in [1.807, 2.05) is 17.6 Å². The van der Waals surface area contributed by atoms with Gasteiger partial charge in [0.15, 0.2) is 0 Å². The maximum atomic E-state index is 12.8. The van der Waals surface area contributed by atoms with Crippen LogP contribution in [0.3, 0.4) is 0 Å². The van der Waals surface area contributed by atoms with E-state index in [1.165, 1.54) is 0 Å². The predicted molar refractivity (Wildman–Crippen MR) is 85.6 cm³/mol. The lowest BCUT2D eigenvalue weighted by atomic mass is 10.2. The Morgan fingerprint density at radius 1 is 1.33 bits per heavy atom. The van der Waals surface area contributed by atoms with E-state index in [0.717, 1.165) is 30.8 Å². The largest absolute Gasteiger partial charge is 0.349 e. The first-order chi connectivity index (χ1) is 11.5. The minimum absolute atomic E-state index is 0.0625. The number of hydrogen-bond acceptors (Lipinski definition) is 4. The molecule has 3 rings (SSSR count). The summed E-state index contributed by atoms with van der Waals surface area (Å²) in [7, 11) is 1.77. The number of carbonyl (C=O) groups excluding carboxylic acids is 2. The fourth-order valence-corrected chi connectivity index (χ4v) is 3.03. The van der Waals surface area contributed by atoms with Gasteiger partial charge in [-0.1, -0.05) is 6.92 Å². The minimum atomic E-state index is -0.548. The first-order valence-corrected chi connectivity index (χ1v) is 7.99. The number of hydroxylamine groups is 1. The molecular weight excluding hydrogens is 310 g/mol. The van der Waals surface area contributed by atoms with E-state index in [4.69, 9.17) is 5.21 Å². The number of aromatic nitrogens is 3. The highest BCUT2D eigenvalue weighted by molar-refractivity contribution is 5.94. The quantitative estimate of drug-likeness (QED) is 0.647. The monoisotopic (exact) mass is 331 g/mol. The fourth-order valence-electron chi connectivity index (χ4n) is 3.03. The van der Waals surface area contributed by atoms with Crippen molar-refractivity contribution in [1.29, 1.82) is 0 Å². The average molecular weight is 331 g/mol. The molecule has 0 fully saturated rings. The molecule has 0 saturated carbocycles. The number of rotatable bonds is 3. The first kappa shape index (κ1) is 16.3. The molecule has 0 atom stereocenters. The summed E-state index contributed by atoms with van der Waals surface area (Å²) in [5, 5.41) is 13.1. The highest BCUT2D eigenvalue weighted by Gasteiger charge is 2.24. The highest BCUT2D eigenvalue weighted by atomic mass is 16.5. The van der Waals surface area contributed by atoms with Crippen molar-refractivity contribution in [1.82, 2.24) is 24.7 Å². The molecule has 0 bridgehead atoms. The van der Waals surface area contributed by atoms with E-state index in [1.54, 1.807) is 34.4 Å². The van der Waals surface area contributed by atoms with Gasteiger partial charge in [0.2, 0.25) is 0 Å². The molecule has 0 aliphatic carbocycles. The second-order valence-corrected chi connectivity index (χ2v) is 5.93. The van der Waals surface area contributed by atoms with Crippen LogP contribution in [0.5, 0.6) is 0 Å². The van der Waals surface area contributed by atoms with E-state index < -0.39 is 5.91 Å². The molecule has 0 saturated heterocycles. The van der Waals surface area contributed by atoms with Crippen LogP contribution in [0.1, 0.15) is 45.6 Å². The van der Waals surface area contributed by atoms with Crippen molar-refractivity contribution in [2.24, 2.45) is 7.05 Å². The Morgan fingerprint density at radius 3 is 2.79 bits per heavy atom. The van der Waals surface area contributed by atoms with Crippen molar-refractivity contribution in [2.75, 3.05) is 6.54 Å². The van der Waals surface area contributed by atoms with Crippen molar-refractivity contribution < 1.29 is 14.8 Å². The number of nitrogens with one attached hydrogen (secondary N) is 1. The minimum Gasteiger partial charge on any atom is -0.349 e. The van der Waals surface area contributed by atoms with Gasteiger partial charge in [0.25, 0.3) is 11.8 Å². The van der Waals surface area contributed by atoms with Gasteiger partial charge in [-0.05, 0) is 25.0 Å². The van der Waals surface area contributed by atoms with E-state index in [9.17, 15) is 9.59 Å². The fraction of sp³-hybridized carbons (Fsp3) is 0.438. The molecule has 2 aromatic heterocycles. The maximum absolute atomic E-state index is 12.8. The molecule has 128 valence electrons. The van der Waals surface area contributed by atoms with Gasteiger partial charge in [0.05, 0.1) is 17.8 Å². The molecule has 0 aromatic carbocycles. The molecule has 1 aliphatic heterocycles. The predicted octanol–water partition coefficient (Wildman–Crippen LogP) is 0.949. The Bertz CT molecular complexity index is 777. The lowest BCUT2D eigenvalue weighted by molar-refractivity contribution is 0.0706. The summed E-state index contributed by atoms with van der Waals surface area (Å²) in [6, 6.07) is 3.54. The zero-order valence-corrected chi connectivity index (χ0v) is 13.8. The summed E-state index contributed by atoms with van der Waals surface area (Å²) in [6.45, 7) is 3.80. The lowest BCUT2D eigenvalue weighted by Crippen LogP contribution is -2.32. The molecule has 0 radical (unpaired) electrons. The van der Waals surface area contributed by atoms with Crippen LogP contribution >= 0.6 is 0 Å². The molecule has 0 unspecified atom stereocenters. The molecular formula is C16H21N5O3. The summed E-state index contributed by atoms with van der Waals surface area (Å²) >= 11 is 0. The van der Waals surface area contributed by atoms with Gasteiger partial charge in [-0.25, -0.2) is 5.48 Å². The summed E-state index contributed by atoms with van der Waals surface area (Å²) in [5.41, 5.74) is 4.35. The highest BCUT2D eigenvalue weighted by Crippen LogP contribution is 2.19. The van der Waals surface area contributed by atoms with Crippen LogP contribution in [0.25, 0.3) is 0 Å². The number of nitrogens with zero attached hydrogens (tertiary/aromatic N) is 4. The summed E-state index contributed by atoms with van der Waals surface area (Å²) in [5.74, 6) is -0.611. The average Bonchev–Trinajstić information content (AvgIpc) is 3.10. The van der Waals surface area contributed by atoms with E-state index >= 15 is 0 Å². The van der Waals surface area contributed by atoms with Crippen molar-refractivity contribution in [3.05, 3.63) is 41.0 Å². The summed E-state index contributed by atoms with van der Waals surface area (Å²) in [6.07, 6.45) is 3.28. The lowest BCUT2D eigenvalue weighted by Gasteiger charge is -2.20. The van der Waals surface area contributed by atoms with Gasteiger partial charge in [0.1, 0.15) is 5.69 Å². The van der Waals surface area contributed by atoms with E-state index in [-0.39, 0.29) is 5.91 Å². The first-order valence-electron chi connectivity index (χ1n) is 7.99. The third-order valence-corrected chi connectivity index (χ3v) is 4.33. The second kappa shape index (κ2) is 6.48. The topological polar surface area (TPSA) is 92.4 Å². The van der Waals surface area contributed by atoms with Crippen molar-refractivity contribution in [3.8, 4) is 0 Å². The maximum Gasteiger partial charge on any atom is 0.276 e. The van der Waals surface area contributed by atoms with Gasteiger partial charge in [-0.3, -0.25) is 19.5 Å². The van der Waals surface area contributed by atoms with Gasteiger partial charge in [-0.15, -0.1) is 0 Å². The molecule has 24 heavy (non-hydrogen) atoms. The van der Waals surface area contributed by atoms with Gasteiger partial charge in [0, 0.05) is 32.0 Å². The Balaban J connectivity index is 1.84. The van der Waals surface area contributed by atoms with Gasteiger partial charge < -0.3 is 9.47 Å². The van der Waals surface area contributed by atoms with Crippen molar-refractivity contribution in [3.63, 3.8) is 0 Å². The Morgan fingerprint density at radius 2 is 2.12 bits per heavy atom. The molecule has 1 aliphatic rings. The van der Waals surface area contributed by atoms with E-state index in [2.05, 4.69) is 5.10 Å². The van der Waals surface area contributed by atoms with Gasteiger partial charge >= 0.3 is 0 Å². The zero-order valence-electron chi connectivity index (χ0n) is 13.8. The smallest absolute Gasteiger partial charge is 0.276 e. The summed E-state index contributed by atoms with van der Waals surface area (Å²) in [4.78, 5) is 26.2. The number of aryl methyl sites for hydroxylation is 3. The number of amides is 2. The van der Waals surface area contributed by atoms with E-state index in [0.29, 0.717) is 24.3 Å². The zero-order chi connectivity index (χ0) is 17.3. The molecule has 8 heteroatoms. The van der Waals surface area contributed by atoms with Gasteiger partial charge in [-0.2, -0.15) is 5.10 Å². The third-order valence-electron chi connectivity index (χ3n) is 4.33. The van der Waals surface area contributed by atoms with Crippen LogP contribution in [0.15, 0.2) is 18.3 Å². The van der Waals surface area contributed by atoms with Crippen LogP contribution < -0.4 is 5.48 Å². The van der Waals surface area contributed by atoms with Crippen LogP contribution in [0.4, 0.5) is 0 Å². The molecule has 2 N–H and O–H groups in total. The van der Waals surface area contributed by atoms with Crippen LogP contribution in [-0.2, 0) is 26.6 Å². The molecule has 2 amide bonds. The number of hydrogen-bond donors (Lipinski definition) is 2. The van der Waals surface area contributed by atoms with Crippen molar-refractivity contribution >= 4 is 11.8 Å². The summed E-state index contributed by atoms with van der Waals surface area (Å²) < 4.78 is 3.58. The third kappa shape index (κ3) is 2.92. The van der Waals surface area contributed by atoms with Crippen LogP contribution in [0, 0.1) is 0 Å². The molecule has 0 spiro atoms. The normalized spacial score (nSPS) is 14.2. The Labute approximate surface area is 139 Å². The molecule has 8 nitrogen and oxygen atoms in total. The van der Waals surface area contributed by atoms with Crippen LogP contribution in [-0.4, -0.2) is 42.8 Å². The molecule has 2 aromatic rings. The number of fused-ring (bicyclic) bond motifs is 1. The Hall–Kier alpha value is -2.61. The van der Waals surface area contributed by atoms with Crippen molar-refractivity contribution in [2.45, 2.75) is 32.9 Å². The second-order valence-electron chi connectivity index (χ2n) is 5.93. The standard InChI is InChI=1S/C16H21N5O3/c1-3-12-8-14(19(2)17-12)16(23)21-6-4-5-20-9-11(15(22)18-24)7-13(20)10-21/h7-9,24H,3-6,10H2,1-2H3,(H,18,22).